The summed E-state index contributed by atoms with van der Waals surface area (Å²) in [7, 11) is 3.10. The fourth-order valence-corrected chi connectivity index (χ4v) is 1.26. The molecule has 5 nitrogen and oxygen atoms in total. The molecule has 1 aromatic rings. The third kappa shape index (κ3) is 3.29. The van der Waals surface area contributed by atoms with Gasteiger partial charge in [-0.15, -0.1) is 0 Å². The number of hydrogen-bond acceptors (Lipinski definition) is 5. The van der Waals surface area contributed by atoms with Crippen molar-refractivity contribution in [3.05, 3.63) is 24.0 Å². The van der Waals surface area contributed by atoms with Crippen molar-refractivity contribution in [1.82, 2.24) is 4.98 Å². The van der Waals surface area contributed by atoms with Gasteiger partial charge < -0.3 is 15.2 Å². The van der Waals surface area contributed by atoms with Gasteiger partial charge in [0.1, 0.15) is 5.75 Å². The third-order valence-corrected chi connectivity index (χ3v) is 2.20. The number of methoxy groups -OCH3 is 2. The first-order valence-electron chi connectivity index (χ1n) is 4.96. The molecule has 1 rings (SSSR count). The topological polar surface area (TPSA) is 74.4 Å². The normalized spacial score (nSPS) is 12.2. The van der Waals surface area contributed by atoms with E-state index in [1.807, 2.05) is 0 Å². The summed E-state index contributed by atoms with van der Waals surface area (Å²) in [6.07, 6.45) is 3.52. The lowest BCUT2D eigenvalue weighted by atomic mass is 10.0. The molecule has 0 saturated carbocycles. The maximum Gasteiger partial charge on any atom is 0.181 e. The number of ketones is 1. The fourth-order valence-electron chi connectivity index (χ4n) is 1.26. The largest absolute Gasteiger partial charge is 0.495 e. The average Bonchev–Trinajstić information content (AvgIpc) is 2.35. The van der Waals surface area contributed by atoms with E-state index in [4.69, 9.17) is 15.2 Å². The van der Waals surface area contributed by atoms with E-state index in [0.29, 0.717) is 24.3 Å². The van der Waals surface area contributed by atoms with Crippen LogP contribution in [0.2, 0.25) is 0 Å². The quantitative estimate of drug-likeness (QED) is 0.717. The van der Waals surface area contributed by atoms with E-state index < -0.39 is 6.04 Å². The number of rotatable bonds is 6. The highest BCUT2D eigenvalue weighted by molar-refractivity contribution is 5.99. The van der Waals surface area contributed by atoms with Gasteiger partial charge in [0.2, 0.25) is 0 Å². The van der Waals surface area contributed by atoms with Crippen molar-refractivity contribution in [2.75, 3.05) is 20.8 Å². The SMILES string of the molecule is COCCC(N)C(=O)c1cncc(OC)c1. The molecular formula is C11H16N2O3. The van der Waals surface area contributed by atoms with Gasteiger partial charge in [0.25, 0.3) is 0 Å². The minimum atomic E-state index is -0.561. The van der Waals surface area contributed by atoms with Crippen LogP contribution in [0.3, 0.4) is 0 Å². The second kappa shape index (κ2) is 6.19. The molecule has 5 heteroatoms. The molecule has 0 saturated heterocycles. The third-order valence-electron chi connectivity index (χ3n) is 2.20. The highest BCUT2D eigenvalue weighted by atomic mass is 16.5. The van der Waals surface area contributed by atoms with Crippen LogP contribution in [0.1, 0.15) is 16.8 Å². The smallest absolute Gasteiger partial charge is 0.181 e. The summed E-state index contributed by atoms with van der Waals surface area (Å²) in [6, 6.07) is 1.07. The monoisotopic (exact) mass is 224 g/mol. The Hall–Kier alpha value is -1.46. The van der Waals surface area contributed by atoms with Crippen LogP contribution in [0.5, 0.6) is 5.75 Å². The van der Waals surface area contributed by atoms with Gasteiger partial charge >= 0.3 is 0 Å². The summed E-state index contributed by atoms with van der Waals surface area (Å²) in [5, 5.41) is 0. The lowest BCUT2D eigenvalue weighted by molar-refractivity contribution is 0.0934. The summed E-state index contributed by atoms with van der Waals surface area (Å²) in [4.78, 5) is 15.7. The number of aromatic nitrogens is 1. The molecule has 0 bridgehead atoms. The van der Waals surface area contributed by atoms with Gasteiger partial charge in [0.05, 0.1) is 19.3 Å². The van der Waals surface area contributed by atoms with Gasteiger partial charge in [-0.3, -0.25) is 9.78 Å². The number of Topliss-reactive ketones (excluding diaryl/α,β-unsaturated/α-hetero) is 1. The first kappa shape index (κ1) is 12.6. The average molecular weight is 224 g/mol. The summed E-state index contributed by atoms with van der Waals surface area (Å²) >= 11 is 0. The zero-order valence-corrected chi connectivity index (χ0v) is 9.47. The molecule has 0 aromatic carbocycles. The Balaban J connectivity index is 2.71. The Labute approximate surface area is 94.6 Å². The van der Waals surface area contributed by atoms with Crippen LogP contribution in [-0.4, -0.2) is 37.6 Å². The fraction of sp³-hybridized carbons (Fsp3) is 0.455. The Bertz CT molecular complexity index is 355. The van der Waals surface area contributed by atoms with Crippen molar-refractivity contribution in [3.63, 3.8) is 0 Å². The van der Waals surface area contributed by atoms with Crippen molar-refractivity contribution < 1.29 is 14.3 Å². The van der Waals surface area contributed by atoms with Crippen LogP contribution in [0.4, 0.5) is 0 Å². The van der Waals surface area contributed by atoms with E-state index in [0.717, 1.165) is 0 Å². The number of hydrogen-bond donors (Lipinski definition) is 1. The van der Waals surface area contributed by atoms with Gasteiger partial charge in [-0.25, -0.2) is 0 Å². The van der Waals surface area contributed by atoms with Crippen molar-refractivity contribution >= 4 is 5.78 Å². The molecule has 16 heavy (non-hydrogen) atoms. The van der Waals surface area contributed by atoms with Gasteiger partial charge in [-0.2, -0.15) is 0 Å². The molecule has 2 N–H and O–H groups in total. The molecule has 1 heterocycles. The Morgan fingerprint density at radius 3 is 2.88 bits per heavy atom. The molecule has 0 fully saturated rings. The number of nitrogens with zero attached hydrogens (tertiary/aromatic N) is 1. The van der Waals surface area contributed by atoms with Crippen LogP contribution in [-0.2, 0) is 4.74 Å². The molecule has 0 spiro atoms. The number of ether oxygens (including phenoxy) is 2. The van der Waals surface area contributed by atoms with Gasteiger partial charge in [-0.1, -0.05) is 0 Å². The molecule has 0 amide bonds. The van der Waals surface area contributed by atoms with E-state index in [-0.39, 0.29) is 5.78 Å². The lowest BCUT2D eigenvalue weighted by Crippen LogP contribution is -2.31. The molecule has 0 aliphatic carbocycles. The maximum absolute atomic E-state index is 11.8. The Morgan fingerprint density at radius 2 is 2.25 bits per heavy atom. The summed E-state index contributed by atoms with van der Waals surface area (Å²) < 4.78 is 9.86. The standard InChI is InChI=1S/C11H16N2O3/c1-15-4-3-10(12)11(14)8-5-9(16-2)7-13-6-8/h5-7,10H,3-4,12H2,1-2H3. The first-order chi connectivity index (χ1) is 7.69. The maximum atomic E-state index is 11.8. The van der Waals surface area contributed by atoms with E-state index in [1.54, 1.807) is 13.2 Å². The van der Waals surface area contributed by atoms with Crippen molar-refractivity contribution in [2.24, 2.45) is 5.73 Å². The number of pyridine rings is 1. The number of nitrogens with two attached hydrogens (primary N) is 1. The van der Waals surface area contributed by atoms with Crippen LogP contribution in [0.25, 0.3) is 0 Å². The molecule has 1 aromatic heterocycles. The number of carbonyl (C=O) groups excluding carboxylic acids is 1. The lowest BCUT2D eigenvalue weighted by Gasteiger charge is -2.10. The van der Waals surface area contributed by atoms with E-state index in [1.165, 1.54) is 19.5 Å². The molecule has 88 valence electrons. The van der Waals surface area contributed by atoms with Crippen LogP contribution >= 0.6 is 0 Å². The molecule has 1 atom stereocenters. The van der Waals surface area contributed by atoms with Crippen molar-refractivity contribution in [2.45, 2.75) is 12.5 Å². The minimum absolute atomic E-state index is 0.150. The number of carbonyl (C=O) groups is 1. The highest BCUT2D eigenvalue weighted by Gasteiger charge is 2.16. The molecule has 1 unspecified atom stereocenters. The second-order valence-electron chi connectivity index (χ2n) is 3.37. The Morgan fingerprint density at radius 1 is 1.50 bits per heavy atom. The second-order valence-corrected chi connectivity index (χ2v) is 3.37. The van der Waals surface area contributed by atoms with Gasteiger partial charge in [0, 0.05) is 25.5 Å². The van der Waals surface area contributed by atoms with E-state index in [2.05, 4.69) is 4.98 Å². The molecule has 0 radical (unpaired) electrons. The zero-order valence-electron chi connectivity index (χ0n) is 9.47. The first-order valence-corrected chi connectivity index (χ1v) is 4.96. The molecular weight excluding hydrogens is 208 g/mol. The van der Waals surface area contributed by atoms with Crippen LogP contribution < -0.4 is 10.5 Å². The summed E-state index contributed by atoms with van der Waals surface area (Å²) in [5.41, 5.74) is 6.19. The van der Waals surface area contributed by atoms with Gasteiger partial charge in [0.15, 0.2) is 5.78 Å². The minimum Gasteiger partial charge on any atom is -0.495 e. The molecule has 0 aliphatic heterocycles. The highest BCUT2D eigenvalue weighted by Crippen LogP contribution is 2.12. The molecule has 0 aliphatic rings. The van der Waals surface area contributed by atoms with Crippen LogP contribution in [0.15, 0.2) is 18.5 Å². The zero-order chi connectivity index (χ0) is 12.0. The van der Waals surface area contributed by atoms with Gasteiger partial charge in [-0.05, 0) is 12.5 Å². The summed E-state index contributed by atoms with van der Waals surface area (Å²) in [5.74, 6) is 0.397. The predicted molar refractivity (Wildman–Crippen MR) is 59.6 cm³/mol. The van der Waals surface area contributed by atoms with Crippen molar-refractivity contribution in [3.8, 4) is 5.75 Å². The predicted octanol–water partition coefficient (Wildman–Crippen LogP) is 0.637. The van der Waals surface area contributed by atoms with Crippen LogP contribution in [0, 0.1) is 0 Å². The Kier molecular flexibility index (Phi) is 4.88. The van der Waals surface area contributed by atoms with Crippen molar-refractivity contribution in [1.29, 1.82) is 0 Å². The van der Waals surface area contributed by atoms with E-state index >= 15 is 0 Å². The van der Waals surface area contributed by atoms with E-state index in [9.17, 15) is 4.79 Å². The summed E-state index contributed by atoms with van der Waals surface area (Å²) in [6.45, 7) is 0.463.